The lowest BCUT2D eigenvalue weighted by molar-refractivity contribution is 0.171. The van der Waals surface area contributed by atoms with Crippen molar-refractivity contribution in [3.05, 3.63) is 45.1 Å². The summed E-state index contributed by atoms with van der Waals surface area (Å²) in [5, 5.41) is 9.18. The molecule has 1 aliphatic rings. The lowest BCUT2D eigenvalue weighted by Crippen LogP contribution is -2.36. The van der Waals surface area contributed by atoms with Crippen LogP contribution in [0.25, 0.3) is 0 Å². The number of nitrogens with one attached hydrogen (secondary N) is 2. The van der Waals surface area contributed by atoms with Crippen LogP contribution in [0.5, 0.6) is 11.5 Å². The largest absolute Gasteiger partial charge is 0.486 e. The van der Waals surface area contributed by atoms with Gasteiger partial charge in [0.25, 0.3) is 0 Å². The molecule has 23 heavy (non-hydrogen) atoms. The highest BCUT2D eigenvalue weighted by molar-refractivity contribution is 7.09. The molecule has 0 spiro atoms. The minimum absolute atomic E-state index is 0.531. The van der Waals surface area contributed by atoms with Gasteiger partial charge < -0.3 is 20.1 Å². The number of guanidine groups is 1. The Bertz CT molecular complexity index is 689. The highest BCUT2D eigenvalue weighted by Crippen LogP contribution is 2.38. The van der Waals surface area contributed by atoms with Crippen LogP contribution in [0.2, 0.25) is 5.02 Å². The van der Waals surface area contributed by atoms with Gasteiger partial charge in [0, 0.05) is 18.5 Å². The van der Waals surface area contributed by atoms with Crippen molar-refractivity contribution in [1.29, 1.82) is 0 Å². The maximum Gasteiger partial charge on any atom is 0.191 e. The molecule has 0 bridgehead atoms. The number of halogens is 1. The number of rotatable bonds is 4. The third-order valence-electron chi connectivity index (χ3n) is 3.35. The van der Waals surface area contributed by atoms with E-state index < -0.39 is 0 Å². The number of hydrogen-bond acceptors (Lipinski definition) is 4. The van der Waals surface area contributed by atoms with E-state index in [-0.39, 0.29) is 0 Å². The molecule has 0 atom stereocenters. The number of aliphatic imine (C=N–C) groups is 1. The molecule has 0 radical (unpaired) electrons. The zero-order valence-corrected chi connectivity index (χ0v) is 14.3. The smallest absolute Gasteiger partial charge is 0.191 e. The predicted molar refractivity (Wildman–Crippen MR) is 93.8 cm³/mol. The number of ether oxygens (including phenoxy) is 2. The molecule has 122 valence electrons. The van der Waals surface area contributed by atoms with E-state index in [1.165, 1.54) is 4.88 Å². The first kappa shape index (κ1) is 16.0. The number of nitrogens with zero attached hydrogens (tertiary/aromatic N) is 1. The van der Waals surface area contributed by atoms with Crippen molar-refractivity contribution in [2.24, 2.45) is 4.99 Å². The topological polar surface area (TPSA) is 54.9 Å². The summed E-state index contributed by atoms with van der Waals surface area (Å²) in [7, 11) is 1.75. The van der Waals surface area contributed by atoms with Crippen LogP contribution in [0.1, 0.15) is 10.4 Å². The molecule has 2 aromatic rings. The van der Waals surface area contributed by atoms with Crippen LogP contribution in [0.15, 0.2) is 34.6 Å². The molecule has 5 nitrogen and oxygen atoms in total. The first-order valence-corrected chi connectivity index (χ1v) is 8.57. The van der Waals surface area contributed by atoms with Gasteiger partial charge in [-0.05, 0) is 29.1 Å². The fourth-order valence-corrected chi connectivity index (χ4v) is 3.19. The summed E-state index contributed by atoms with van der Waals surface area (Å²) in [6, 6.07) is 7.95. The quantitative estimate of drug-likeness (QED) is 0.656. The van der Waals surface area contributed by atoms with Gasteiger partial charge in [0.15, 0.2) is 17.5 Å². The Morgan fingerprint density at radius 2 is 2.09 bits per heavy atom. The van der Waals surface area contributed by atoms with Crippen molar-refractivity contribution < 1.29 is 9.47 Å². The summed E-state index contributed by atoms with van der Waals surface area (Å²) in [5.41, 5.74) is 1.01. The number of benzene rings is 1. The minimum Gasteiger partial charge on any atom is -0.486 e. The normalized spacial score (nSPS) is 13.7. The first-order valence-electron chi connectivity index (χ1n) is 7.31. The van der Waals surface area contributed by atoms with Crippen LogP contribution in [0.3, 0.4) is 0 Å². The third kappa shape index (κ3) is 4.09. The van der Waals surface area contributed by atoms with Crippen molar-refractivity contribution >= 4 is 28.9 Å². The van der Waals surface area contributed by atoms with E-state index in [2.05, 4.69) is 27.1 Å². The minimum atomic E-state index is 0.531. The number of thiophene rings is 1. The molecule has 0 fully saturated rings. The van der Waals surface area contributed by atoms with Gasteiger partial charge in [-0.15, -0.1) is 11.3 Å². The molecule has 0 saturated heterocycles. The predicted octanol–water partition coefficient (Wildman–Crippen LogP) is 3.04. The van der Waals surface area contributed by atoms with E-state index >= 15 is 0 Å². The Labute approximate surface area is 144 Å². The van der Waals surface area contributed by atoms with E-state index in [0.717, 1.165) is 18.1 Å². The van der Waals surface area contributed by atoms with Gasteiger partial charge >= 0.3 is 0 Å². The molecule has 0 saturated carbocycles. The molecule has 3 rings (SSSR count). The van der Waals surface area contributed by atoms with Gasteiger partial charge in [0.1, 0.15) is 13.2 Å². The van der Waals surface area contributed by atoms with Crippen LogP contribution in [-0.2, 0) is 13.1 Å². The van der Waals surface area contributed by atoms with E-state index in [1.807, 2.05) is 18.2 Å². The van der Waals surface area contributed by atoms with Crippen LogP contribution >= 0.6 is 22.9 Å². The molecule has 1 aliphatic heterocycles. The lowest BCUT2D eigenvalue weighted by Gasteiger charge is -2.20. The maximum absolute atomic E-state index is 6.25. The fraction of sp³-hybridized carbons (Fsp3) is 0.312. The van der Waals surface area contributed by atoms with Crippen LogP contribution in [0, 0.1) is 0 Å². The Morgan fingerprint density at radius 3 is 2.87 bits per heavy atom. The summed E-state index contributed by atoms with van der Waals surface area (Å²) < 4.78 is 11.1. The van der Waals surface area contributed by atoms with Crippen molar-refractivity contribution in [3.63, 3.8) is 0 Å². The third-order valence-corrected chi connectivity index (χ3v) is 4.51. The van der Waals surface area contributed by atoms with E-state index in [0.29, 0.717) is 36.3 Å². The second-order valence-electron chi connectivity index (χ2n) is 4.96. The molecule has 0 amide bonds. The average molecular weight is 352 g/mol. The van der Waals surface area contributed by atoms with Gasteiger partial charge in [-0.3, -0.25) is 4.99 Å². The molecule has 1 aromatic carbocycles. The highest BCUT2D eigenvalue weighted by atomic mass is 35.5. The second kappa shape index (κ2) is 7.57. The average Bonchev–Trinajstić information content (AvgIpc) is 3.08. The Hall–Kier alpha value is -1.92. The van der Waals surface area contributed by atoms with Gasteiger partial charge in [0.2, 0.25) is 0 Å². The SMILES string of the molecule is CN=C(NCc1cc(Cl)c2c(c1)OCCO2)NCc1cccs1. The van der Waals surface area contributed by atoms with E-state index in [1.54, 1.807) is 18.4 Å². The van der Waals surface area contributed by atoms with E-state index in [9.17, 15) is 0 Å². The number of hydrogen-bond donors (Lipinski definition) is 2. The maximum atomic E-state index is 6.25. The molecule has 2 heterocycles. The molecule has 7 heteroatoms. The highest BCUT2D eigenvalue weighted by Gasteiger charge is 2.16. The van der Waals surface area contributed by atoms with Crippen LogP contribution in [-0.4, -0.2) is 26.2 Å². The summed E-state index contributed by atoms with van der Waals surface area (Å²) in [6.45, 7) is 2.42. The Kier molecular flexibility index (Phi) is 5.25. The zero-order chi connectivity index (χ0) is 16.1. The van der Waals surface area contributed by atoms with Gasteiger partial charge in [-0.1, -0.05) is 17.7 Å². The summed E-state index contributed by atoms with van der Waals surface area (Å²) >= 11 is 7.96. The van der Waals surface area contributed by atoms with Crippen LogP contribution < -0.4 is 20.1 Å². The van der Waals surface area contributed by atoms with E-state index in [4.69, 9.17) is 21.1 Å². The van der Waals surface area contributed by atoms with Gasteiger partial charge in [-0.2, -0.15) is 0 Å². The molecular formula is C16H18ClN3O2S. The standard InChI is InChI=1S/C16H18ClN3O2S/c1-18-16(20-10-12-3-2-6-23-12)19-9-11-7-13(17)15-14(8-11)21-4-5-22-15/h2-3,6-8H,4-5,9-10H2,1H3,(H2,18,19,20). The molecular weight excluding hydrogens is 334 g/mol. The lowest BCUT2D eigenvalue weighted by atomic mass is 10.2. The fourth-order valence-electron chi connectivity index (χ4n) is 2.26. The van der Waals surface area contributed by atoms with Crippen molar-refractivity contribution in [1.82, 2.24) is 10.6 Å². The summed E-state index contributed by atoms with van der Waals surface area (Å²) in [5.74, 6) is 2.06. The van der Waals surface area contributed by atoms with Crippen molar-refractivity contribution in [3.8, 4) is 11.5 Å². The Balaban J connectivity index is 1.59. The molecule has 0 unspecified atom stereocenters. The molecule has 0 aliphatic carbocycles. The summed E-state index contributed by atoms with van der Waals surface area (Å²) in [6.07, 6.45) is 0. The first-order chi connectivity index (χ1) is 11.3. The van der Waals surface area contributed by atoms with Crippen molar-refractivity contribution in [2.75, 3.05) is 20.3 Å². The molecule has 2 N–H and O–H groups in total. The molecule has 1 aromatic heterocycles. The number of fused-ring (bicyclic) bond motifs is 1. The summed E-state index contributed by atoms with van der Waals surface area (Å²) in [4.78, 5) is 5.48. The second-order valence-corrected chi connectivity index (χ2v) is 6.40. The van der Waals surface area contributed by atoms with Gasteiger partial charge in [-0.25, -0.2) is 0 Å². The zero-order valence-electron chi connectivity index (χ0n) is 12.8. The van der Waals surface area contributed by atoms with Gasteiger partial charge in [0.05, 0.1) is 11.6 Å². The van der Waals surface area contributed by atoms with Crippen LogP contribution in [0.4, 0.5) is 0 Å². The Morgan fingerprint density at radius 1 is 1.26 bits per heavy atom. The monoisotopic (exact) mass is 351 g/mol. The van der Waals surface area contributed by atoms with Crippen molar-refractivity contribution in [2.45, 2.75) is 13.1 Å².